The number of nitrogens with one attached hydrogen (secondary N) is 1. The summed E-state index contributed by atoms with van der Waals surface area (Å²) in [6.45, 7) is 0. The van der Waals surface area contributed by atoms with E-state index in [1.807, 2.05) is 0 Å². The fourth-order valence-corrected chi connectivity index (χ4v) is 2.93. The Morgan fingerprint density at radius 3 is 2.35 bits per heavy atom. The lowest BCUT2D eigenvalue weighted by Crippen LogP contribution is -2.13. The molecule has 2 rings (SSSR count). The summed E-state index contributed by atoms with van der Waals surface area (Å²) in [5.74, 6) is -0.116. The summed E-state index contributed by atoms with van der Waals surface area (Å²) in [5.41, 5.74) is -0.107. The third-order valence-electron chi connectivity index (χ3n) is 2.55. The van der Waals surface area contributed by atoms with Crippen molar-refractivity contribution < 1.29 is 17.5 Å². The van der Waals surface area contributed by atoms with Crippen molar-refractivity contribution in [1.82, 2.24) is 0 Å². The molecule has 0 saturated carbocycles. The topological polar surface area (TPSA) is 55.4 Å². The molecule has 4 nitrogen and oxygen atoms in total. The standard InChI is InChI=1S/C13H11BrFNO3S/c1-19-10-3-5-11(6-4-10)20(17,18)16-13-7-2-9(14)8-12(13)15/h2-8,16H,1H3. The van der Waals surface area contributed by atoms with Gasteiger partial charge in [0.15, 0.2) is 0 Å². The van der Waals surface area contributed by atoms with Crippen molar-refractivity contribution in [3.63, 3.8) is 0 Å². The van der Waals surface area contributed by atoms with Gasteiger partial charge in [0.1, 0.15) is 11.6 Å². The summed E-state index contributed by atoms with van der Waals surface area (Å²) in [7, 11) is -2.35. The molecule has 2 aromatic carbocycles. The number of halogens is 2. The molecule has 0 bridgehead atoms. The van der Waals surface area contributed by atoms with E-state index in [2.05, 4.69) is 20.7 Å². The van der Waals surface area contributed by atoms with Gasteiger partial charge in [-0.3, -0.25) is 4.72 Å². The van der Waals surface area contributed by atoms with Gasteiger partial charge in [0, 0.05) is 4.47 Å². The number of hydrogen-bond acceptors (Lipinski definition) is 3. The van der Waals surface area contributed by atoms with Crippen LogP contribution >= 0.6 is 15.9 Å². The zero-order valence-electron chi connectivity index (χ0n) is 10.4. The van der Waals surface area contributed by atoms with Crippen molar-refractivity contribution in [3.8, 4) is 5.75 Å². The van der Waals surface area contributed by atoms with Crippen LogP contribution in [0.3, 0.4) is 0 Å². The zero-order chi connectivity index (χ0) is 14.8. The Hall–Kier alpha value is -1.60. The highest BCUT2D eigenvalue weighted by molar-refractivity contribution is 9.10. The summed E-state index contributed by atoms with van der Waals surface area (Å²) in [4.78, 5) is 0.0284. The molecule has 0 atom stereocenters. The van der Waals surface area contributed by atoms with Crippen LogP contribution in [0.4, 0.5) is 10.1 Å². The van der Waals surface area contributed by atoms with Crippen LogP contribution < -0.4 is 9.46 Å². The third kappa shape index (κ3) is 3.29. The lowest BCUT2D eigenvalue weighted by Gasteiger charge is -2.09. The molecule has 0 heterocycles. The van der Waals surface area contributed by atoms with Crippen LogP contribution in [-0.4, -0.2) is 15.5 Å². The number of sulfonamides is 1. The van der Waals surface area contributed by atoms with Gasteiger partial charge >= 0.3 is 0 Å². The molecule has 20 heavy (non-hydrogen) atoms. The highest BCUT2D eigenvalue weighted by Gasteiger charge is 2.16. The van der Waals surface area contributed by atoms with Crippen molar-refractivity contribution in [2.24, 2.45) is 0 Å². The van der Waals surface area contributed by atoms with E-state index in [0.717, 1.165) is 0 Å². The normalized spacial score (nSPS) is 11.2. The van der Waals surface area contributed by atoms with Crippen LogP contribution in [0.1, 0.15) is 0 Å². The van der Waals surface area contributed by atoms with E-state index in [9.17, 15) is 12.8 Å². The maximum absolute atomic E-state index is 13.6. The van der Waals surface area contributed by atoms with Gasteiger partial charge in [0.25, 0.3) is 10.0 Å². The SMILES string of the molecule is COc1ccc(S(=O)(=O)Nc2ccc(Br)cc2F)cc1. The van der Waals surface area contributed by atoms with Crippen molar-refractivity contribution in [2.75, 3.05) is 11.8 Å². The summed E-state index contributed by atoms with van der Waals surface area (Å²) in [6.07, 6.45) is 0. The Bertz CT molecular complexity index is 717. The van der Waals surface area contributed by atoms with Gasteiger partial charge in [-0.15, -0.1) is 0 Å². The molecule has 0 aromatic heterocycles. The van der Waals surface area contributed by atoms with Crippen LogP contribution in [0.25, 0.3) is 0 Å². The Kier molecular flexibility index (Phi) is 4.29. The summed E-state index contributed by atoms with van der Waals surface area (Å²) in [5, 5.41) is 0. The molecule has 0 unspecified atom stereocenters. The highest BCUT2D eigenvalue weighted by Crippen LogP contribution is 2.23. The summed E-state index contributed by atoms with van der Waals surface area (Å²) in [6, 6.07) is 9.90. The highest BCUT2D eigenvalue weighted by atomic mass is 79.9. The maximum Gasteiger partial charge on any atom is 0.261 e. The van der Waals surface area contributed by atoms with E-state index in [1.165, 1.54) is 43.5 Å². The van der Waals surface area contributed by atoms with Gasteiger partial charge in [-0.1, -0.05) is 15.9 Å². The molecule has 106 valence electrons. The van der Waals surface area contributed by atoms with Crippen molar-refractivity contribution in [3.05, 3.63) is 52.8 Å². The van der Waals surface area contributed by atoms with E-state index in [4.69, 9.17) is 4.74 Å². The van der Waals surface area contributed by atoms with Gasteiger partial charge in [0.05, 0.1) is 17.7 Å². The largest absolute Gasteiger partial charge is 0.497 e. The minimum absolute atomic E-state index is 0.0284. The second-order valence-corrected chi connectivity index (χ2v) is 6.50. The van der Waals surface area contributed by atoms with Crippen LogP contribution in [0, 0.1) is 5.82 Å². The van der Waals surface area contributed by atoms with E-state index in [0.29, 0.717) is 10.2 Å². The molecule has 1 N–H and O–H groups in total. The third-order valence-corrected chi connectivity index (χ3v) is 4.42. The van der Waals surface area contributed by atoms with Gasteiger partial charge in [-0.25, -0.2) is 12.8 Å². The van der Waals surface area contributed by atoms with Crippen LogP contribution in [0.15, 0.2) is 51.8 Å². The Labute approximate surface area is 124 Å². The molecule has 2 aromatic rings. The molecule has 0 amide bonds. The quantitative estimate of drug-likeness (QED) is 0.909. The number of ether oxygens (including phenoxy) is 1. The van der Waals surface area contributed by atoms with E-state index < -0.39 is 15.8 Å². The first-order chi connectivity index (χ1) is 9.42. The minimum atomic E-state index is -3.83. The molecule has 0 saturated heterocycles. The zero-order valence-corrected chi connectivity index (χ0v) is 12.8. The van der Waals surface area contributed by atoms with Gasteiger partial charge < -0.3 is 4.74 Å². The number of methoxy groups -OCH3 is 1. The second-order valence-electron chi connectivity index (χ2n) is 3.91. The fourth-order valence-electron chi connectivity index (χ4n) is 1.53. The average Bonchev–Trinajstić information content (AvgIpc) is 2.42. The Balaban J connectivity index is 2.30. The lowest BCUT2D eigenvalue weighted by atomic mass is 10.3. The maximum atomic E-state index is 13.6. The van der Waals surface area contributed by atoms with Crippen LogP contribution in [0.2, 0.25) is 0 Å². The number of hydrogen-bond donors (Lipinski definition) is 1. The van der Waals surface area contributed by atoms with Crippen molar-refractivity contribution >= 4 is 31.6 Å². The number of rotatable bonds is 4. The molecule has 0 spiro atoms. The van der Waals surface area contributed by atoms with Crippen LogP contribution in [0.5, 0.6) is 5.75 Å². The van der Waals surface area contributed by atoms with E-state index in [1.54, 1.807) is 6.07 Å². The average molecular weight is 360 g/mol. The molecule has 0 aliphatic rings. The smallest absolute Gasteiger partial charge is 0.261 e. The molecule has 7 heteroatoms. The number of anilines is 1. The second kappa shape index (κ2) is 5.80. The van der Waals surface area contributed by atoms with Crippen LogP contribution in [-0.2, 0) is 10.0 Å². The molecular formula is C13H11BrFNO3S. The monoisotopic (exact) mass is 359 g/mol. The molecular weight excluding hydrogens is 349 g/mol. The van der Waals surface area contributed by atoms with Gasteiger partial charge in [0.2, 0.25) is 0 Å². The molecule has 0 fully saturated rings. The van der Waals surface area contributed by atoms with Crippen molar-refractivity contribution in [1.29, 1.82) is 0 Å². The first-order valence-corrected chi connectivity index (χ1v) is 7.82. The molecule has 0 radical (unpaired) electrons. The van der Waals surface area contributed by atoms with E-state index >= 15 is 0 Å². The summed E-state index contributed by atoms with van der Waals surface area (Å²) >= 11 is 3.11. The predicted molar refractivity (Wildman–Crippen MR) is 77.9 cm³/mol. The van der Waals surface area contributed by atoms with E-state index in [-0.39, 0.29) is 10.6 Å². The lowest BCUT2D eigenvalue weighted by molar-refractivity contribution is 0.414. The van der Waals surface area contributed by atoms with Gasteiger partial charge in [-0.2, -0.15) is 0 Å². The fraction of sp³-hybridized carbons (Fsp3) is 0.0769. The summed E-state index contributed by atoms with van der Waals surface area (Å²) < 4.78 is 45.5. The Morgan fingerprint density at radius 1 is 1.15 bits per heavy atom. The first-order valence-electron chi connectivity index (χ1n) is 5.54. The molecule has 0 aliphatic heterocycles. The first kappa shape index (κ1) is 14.8. The number of benzene rings is 2. The van der Waals surface area contributed by atoms with Crippen molar-refractivity contribution in [2.45, 2.75) is 4.90 Å². The van der Waals surface area contributed by atoms with Gasteiger partial charge in [-0.05, 0) is 42.5 Å². The molecule has 0 aliphatic carbocycles. The Morgan fingerprint density at radius 2 is 1.80 bits per heavy atom. The minimum Gasteiger partial charge on any atom is -0.497 e. The predicted octanol–water partition coefficient (Wildman–Crippen LogP) is 3.40.